The molecular weight excluding hydrogens is 243 g/mol. The van der Waals surface area contributed by atoms with E-state index in [-0.39, 0.29) is 6.42 Å². The lowest BCUT2D eigenvalue weighted by molar-refractivity contribution is 0.412. The van der Waals surface area contributed by atoms with Crippen molar-refractivity contribution in [2.45, 2.75) is 6.42 Å². The minimum absolute atomic E-state index is 0.248. The van der Waals surface area contributed by atoms with Crippen molar-refractivity contribution in [1.29, 1.82) is 0 Å². The van der Waals surface area contributed by atoms with Crippen molar-refractivity contribution in [3.63, 3.8) is 0 Å². The zero-order valence-electron chi connectivity index (χ0n) is 9.58. The maximum absolute atomic E-state index is 13.0. The molecular formula is C13H10F3NO. The highest BCUT2D eigenvalue weighted by molar-refractivity contribution is 5.30. The van der Waals surface area contributed by atoms with E-state index in [1.807, 2.05) is 0 Å². The van der Waals surface area contributed by atoms with Gasteiger partial charge in [-0.05, 0) is 35.7 Å². The molecule has 0 atom stereocenters. The summed E-state index contributed by atoms with van der Waals surface area (Å²) >= 11 is 0. The van der Waals surface area contributed by atoms with Gasteiger partial charge >= 0.3 is 0 Å². The molecule has 2 nitrogen and oxygen atoms in total. The van der Waals surface area contributed by atoms with E-state index >= 15 is 0 Å². The van der Waals surface area contributed by atoms with Crippen molar-refractivity contribution in [2.75, 3.05) is 7.11 Å². The minimum Gasteiger partial charge on any atom is -0.495 e. The van der Waals surface area contributed by atoms with Crippen molar-refractivity contribution in [2.24, 2.45) is 0 Å². The molecule has 0 saturated carbocycles. The van der Waals surface area contributed by atoms with E-state index in [0.717, 1.165) is 17.7 Å². The summed E-state index contributed by atoms with van der Waals surface area (Å²) < 4.78 is 43.8. The molecule has 0 aliphatic rings. The SMILES string of the molecule is COc1cncc(Cc2cc(F)c(F)c(F)c2)c1. The van der Waals surface area contributed by atoms with Crippen LogP contribution < -0.4 is 4.74 Å². The molecule has 0 fully saturated rings. The van der Waals surface area contributed by atoms with Gasteiger partial charge in [0.2, 0.25) is 0 Å². The second-order valence-corrected chi connectivity index (χ2v) is 3.78. The maximum Gasteiger partial charge on any atom is 0.194 e. The van der Waals surface area contributed by atoms with Crippen molar-refractivity contribution in [1.82, 2.24) is 4.98 Å². The number of aromatic nitrogens is 1. The average molecular weight is 253 g/mol. The first-order chi connectivity index (χ1) is 8.60. The summed E-state index contributed by atoms with van der Waals surface area (Å²) in [5.74, 6) is -3.29. The molecule has 5 heteroatoms. The maximum atomic E-state index is 13.0. The third-order valence-corrected chi connectivity index (χ3v) is 2.46. The molecule has 94 valence electrons. The summed E-state index contributed by atoms with van der Waals surface area (Å²) in [4.78, 5) is 3.93. The quantitative estimate of drug-likeness (QED) is 0.784. The van der Waals surface area contributed by atoms with Crippen molar-refractivity contribution < 1.29 is 17.9 Å². The number of ether oxygens (including phenoxy) is 1. The molecule has 0 saturated heterocycles. The van der Waals surface area contributed by atoms with Gasteiger partial charge in [-0.15, -0.1) is 0 Å². The lowest BCUT2D eigenvalue weighted by Crippen LogP contribution is -1.97. The first-order valence-electron chi connectivity index (χ1n) is 5.21. The number of methoxy groups -OCH3 is 1. The molecule has 1 aromatic carbocycles. The summed E-state index contributed by atoms with van der Waals surface area (Å²) in [5.41, 5.74) is 1.06. The van der Waals surface area contributed by atoms with Gasteiger partial charge in [0.1, 0.15) is 5.75 Å². The average Bonchev–Trinajstić information content (AvgIpc) is 2.36. The Labute approximate surface area is 102 Å². The first kappa shape index (κ1) is 12.4. The van der Waals surface area contributed by atoms with Gasteiger partial charge in [0, 0.05) is 6.20 Å². The van der Waals surface area contributed by atoms with Gasteiger partial charge in [0.15, 0.2) is 17.5 Å². The molecule has 2 rings (SSSR count). The molecule has 18 heavy (non-hydrogen) atoms. The fourth-order valence-corrected chi connectivity index (χ4v) is 1.62. The topological polar surface area (TPSA) is 22.1 Å². The number of rotatable bonds is 3. The van der Waals surface area contributed by atoms with Gasteiger partial charge in [0.25, 0.3) is 0 Å². The van der Waals surface area contributed by atoms with Gasteiger partial charge in [0.05, 0.1) is 13.3 Å². The Morgan fingerprint density at radius 1 is 1.00 bits per heavy atom. The van der Waals surface area contributed by atoms with Crippen LogP contribution in [0.1, 0.15) is 11.1 Å². The molecule has 1 aromatic heterocycles. The van der Waals surface area contributed by atoms with Crippen LogP contribution in [0.5, 0.6) is 5.75 Å². The van der Waals surface area contributed by atoms with Gasteiger partial charge in [-0.25, -0.2) is 13.2 Å². The largest absolute Gasteiger partial charge is 0.495 e. The summed E-state index contributed by atoms with van der Waals surface area (Å²) in [7, 11) is 1.50. The fraction of sp³-hybridized carbons (Fsp3) is 0.154. The van der Waals surface area contributed by atoms with Crippen LogP contribution in [0.15, 0.2) is 30.6 Å². The Bertz CT molecular complexity index is 549. The van der Waals surface area contributed by atoms with E-state index in [1.54, 1.807) is 12.3 Å². The van der Waals surface area contributed by atoms with Gasteiger partial charge < -0.3 is 4.74 Å². The monoisotopic (exact) mass is 253 g/mol. The Kier molecular flexibility index (Phi) is 3.50. The van der Waals surface area contributed by atoms with E-state index < -0.39 is 17.5 Å². The molecule has 0 unspecified atom stereocenters. The van der Waals surface area contributed by atoms with Crippen LogP contribution in [0.25, 0.3) is 0 Å². The Morgan fingerprint density at radius 2 is 1.67 bits per heavy atom. The normalized spacial score (nSPS) is 10.4. The zero-order chi connectivity index (χ0) is 13.1. The van der Waals surface area contributed by atoms with Crippen molar-refractivity contribution >= 4 is 0 Å². The Balaban J connectivity index is 2.28. The number of pyridine rings is 1. The summed E-state index contributed by atoms with van der Waals surface area (Å²) in [5, 5.41) is 0. The third-order valence-electron chi connectivity index (χ3n) is 2.46. The second kappa shape index (κ2) is 5.08. The number of nitrogens with zero attached hydrogens (tertiary/aromatic N) is 1. The van der Waals surface area contributed by atoms with E-state index in [4.69, 9.17) is 4.74 Å². The fourth-order valence-electron chi connectivity index (χ4n) is 1.62. The third kappa shape index (κ3) is 2.61. The number of hydrogen-bond donors (Lipinski definition) is 0. The second-order valence-electron chi connectivity index (χ2n) is 3.78. The molecule has 2 aromatic rings. The van der Waals surface area contributed by atoms with Crippen LogP contribution in [-0.2, 0) is 6.42 Å². The predicted molar refractivity (Wildman–Crippen MR) is 59.9 cm³/mol. The predicted octanol–water partition coefficient (Wildman–Crippen LogP) is 3.10. The number of benzene rings is 1. The van der Waals surface area contributed by atoms with Crippen LogP contribution in [0, 0.1) is 17.5 Å². The van der Waals surface area contributed by atoms with Crippen molar-refractivity contribution in [3.05, 3.63) is 59.2 Å². The van der Waals surface area contributed by atoms with Gasteiger partial charge in [-0.2, -0.15) is 0 Å². The van der Waals surface area contributed by atoms with Crippen LogP contribution >= 0.6 is 0 Å². The van der Waals surface area contributed by atoms with Crippen LogP contribution in [-0.4, -0.2) is 12.1 Å². The molecule has 0 bridgehead atoms. The van der Waals surface area contributed by atoms with Crippen LogP contribution in [0.4, 0.5) is 13.2 Å². The van der Waals surface area contributed by atoms with E-state index in [9.17, 15) is 13.2 Å². The molecule has 0 amide bonds. The van der Waals surface area contributed by atoms with E-state index in [2.05, 4.69) is 4.98 Å². The van der Waals surface area contributed by atoms with Gasteiger partial charge in [-0.1, -0.05) is 0 Å². The standard InChI is InChI=1S/C13H10F3NO/c1-18-10-3-9(6-17-7-10)2-8-4-11(14)13(16)12(15)5-8/h3-7H,2H2,1H3. The Hall–Kier alpha value is -2.04. The van der Waals surface area contributed by atoms with Crippen LogP contribution in [0.3, 0.4) is 0 Å². The highest BCUT2D eigenvalue weighted by atomic mass is 19.2. The lowest BCUT2D eigenvalue weighted by Gasteiger charge is -2.05. The molecule has 0 radical (unpaired) electrons. The molecule has 0 spiro atoms. The van der Waals surface area contributed by atoms with Crippen molar-refractivity contribution in [3.8, 4) is 5.75 Å². The molecule has 0 aliphatic heterocycles. The highest BCUT2D eigenvalue weighted by Gasteiger charge is 2.11. The van der Waals surface area contributed by atoms with Crippen LogP contribution in [0.2, 0.25) is 0 Å². The molecule has 0 N–H and O–H groups in total. The summed E-state index contributed by atoms with van der Waals surface area (Å²) in [6, 6.07) is 3.64. The Morgan fingerprint density at radius 3 is 2.28 bits per heavy atom. The first-order valence-corrected chi connectivity index (χ1v) is 5.21. The highest BCUT2D eigenvalue weighted by Crippen LogP contribution is 2.18. The van der Waals surface area contributed by atoms with E-state index in [0.29, 0.717) is 11.3 Å². The smallest absolute Gasteiger partial charge is 0.194 e. The lowest BCUT2D eigenvalue weighted by atomic mass is 10.1. The summed E-state index contributed by atoms with van der Waals surface area (Å²) in [6.45, 7) is 0. The molecule has 1 heterocycles. The number of halogens is 3. The van der Waals surface area contributed by atoms with Gasteiger partial charge in [-0.3, -0.25) is 4.98 Å². The number of hydrogen-bond acceptors (Lipinski definition) is 2. The zero-order valence-corrected chi connectivity index (χ0v) is 9.58. The minimum atomic E-state index is -1.46. The molecule has 0 aliphatic carbocycles. The summed E-state index contributed by atoms with van der Waals surface area (Å²) in [6.07, 6.45) is 3.33. The van der Waals surface area contributed by atoms with E-state index in [1.165, 1.54) is 13.3 Å².